The first-order chi connectivity index (χ1) is 10.5. The van der Waals surface area contributed by atoms with E-state index >= 15 is 0 Å². The Balaban J connectivity index is 2.39. The van der Waals surface area contributed by atoms with Crippen molar-refractivity contribution < 1.29 is 16.8 Å². The van der Waals surface area contributed by atoms with Gasteiger partial charge in [0.25, 0.3) is 0 Å². The van der Waals surface area contributed by atoms with Crippen LogP contribution in [0.5, 0.6) is 0 Å². The SMILES string of the molecule is Cc1cc(C)c(C)c(S(=O)(=O)N2CCC(S(C)(=O)=O)CC2)c1C. The smallest absolute Gasteiger partial charge is 0.229 e. The maximum Gasteiger partial charge on any atom is 0.243 e. The fourth-order valence-corrected chi connectivity index (χ4v) is 6.31. The Morgan fingerprint density at radius 2 is 1.35 bits per heavy atom. The van der Waals surface area contributed by atoms with Gasteiger partial charge < -0.3 is 0 Å². The molecule has 0 amide bonds. The molecule has 0 atom stereocenters. The van der Waals surface area contributed by atoms with Gasteiger partial charge in [0.05, 0.1) is 10.1 Å². The third kappa shape index (κ3) is 3.46. The van der Waals surface area contributed by atoms with Gasteiger partial charge in [-0.2, -0.15) is 4.31 Å². The highest BCUT2D eigenvalue weighted by Crippen LogP contribution is 2.30. The molecule has 1 saturated heterocycles. The van der Waals surface area contributed by atoms with Crippen LogP contribution in [-0.4, -0.2) is 45.7 Å². The molecule has 2 rings (SSSR count). The molecule has 0 spiro atoms. The van der Waals surface area contributed by atoms with E-state index in [0.717, 1.165) is 22.3 Å². The molecule has 0 unspecified atom stereocenters. The second-order valence-corrected chi connectivity index (χ2v) is 10.7. The van der Waals surface area contributed by atoms with Crippen molar-refractivity contribution in [1.29, 1.82) is 0 Å². The highest BCUT2D eigenvalue weighted by atomic mass is 32.2. The van der Waals surface area contributed by atoms with Crippen LogP contribution in [0.1, 0.15) is 35.1 Å². The minimum absolute atomic E-state index is 0.256. The van der Waals surface area contributed by atoms with Crippen LogP contribution in [-0.2, 0) is 19.9 Å². The van der Waals surface area contributed by atoms with Crippen LogP contribution in [0.25, 0.3) is 0 Å². The number of benzene rings is 1. The third-order valence-electron chi connectivity index (χ3n) is 4.90. The molecule has 0 saturated carbocycles. The van der Waals surface area contributed by atoms with E-state index in [1.54, 1.807) is 0 Å². The average molecular weight is 360 g/mol. The van der Waals surface area contributed by atoms with Gasteiger partial charge in [-0.3, -0.25) is 0 Å². The highest BCUT2D eigenvalue weighted by Gasteiger charge is 2.34. The topological polar surface area (TPSA) is 71.5 Å². The number of hydrogen-bond donors (Lipinski definition) is 0. The van der Waals surface area contributed by atoms with Crippen LogP contribution in [0.4, 0.5) is 0 Å². The summed E-state index contributed by atoms with van der Waals surface area (Å²) in [4.78, 5) is 0.382. The zero-order chi connectivity index (χ0) is 17.6. The minimum Gasteiger partial charge on any atom is -0.229 e. The second-order valence-electron chi connectivity index (χ2n) is 6.52. The molecule has 0 radical (unpaired) electrons. The van der Waals surface area contributed by atoms with Crippen LogP contribution in [0.3, 0.4) is 0 Å². The zero-order valence-corrected chi connectivity index (χ0v) is 16.0. The van der Waals surface area contributed by atoms with Gasteiger partial charge in [-0.1, -0.05) is 6.07 Å². The molecule has 0 bridgehead atoms. The van der Waals surface area contributed by atoms with Gasteiger partial charge in [0.1, 0.15) is 9.84 Å². The van der Waals surface area contributed by atoms with Crippen LogP contribution in [0.2, 0.25) is 0 Å². The molecule has 130 valence electrons. The molecule has 1 fully saturated rings. The number of sulfonamides is 1. The molecule has 7 heteroatoms. The molecular formula is C16H25NO4S2. The molecule has 1 aliphatic heterocycles. The van der Waals surface area contributed by atoms with Crippen LogP contribution in [0, 0.1) is 27.7 Å². The summed E-state index contributed by atoms with van der Waals surface area (Å²) in [7, 11) is -6.71. The minimum atomic E-state index is -3.60. The van der Waals surface area contributed by atoms with E-state index in [1.165, 1.54) is 10.6 Å². The largest absolute Gasteiger partial charge is 0.243 e. The zero-order valence-electron chi connectivity index (χ0n) is 14.4. The lowest BCUT2D eigenvalue weighted by Gasteiger charge is -2.31. The quantitative estimate of drug-likeness (QED) is 0.829. The molecule has 1 aromatic carbocycles. The first kappa shape index (κ1) is 18.4. The summed E-state index contributed by atoms with van der Waals surface area (Å²) in [6.45, 7) is 8.00. The summed E-state index contributed by atoms with van der Waals surface area (Å²) in [6, 6.07) is 2.00. The molecule has 0 N–H and O–H groups in total. The van der Waals surface area contributed by atoms with E-state index in [2.05, 4.69) is 0 Å². The standard InChI is InChI=1S/C16H25NO4S2/c1-11-10-12(2)14(4)16(13(11)3)23(20,21)17-8-6-15(7-9-17)22(5,18)19/h10,15H,6-9H2,1-5H3. The van der Waals surface area contributed by atoms with E-state index in [4.69, 9.17) is 0 Å². The first-order valence-electron chi connectivity index (χ1n) is 7.72. The fraction of sp³-hybridized carbons (Fsp3) is 0.625. The van der Waals surface area contributed by atoms with E-state index in [1.807, 2.05) is 33.8 Å². The molecule has 5 nitrogen and oxygen atoms in total. The average Bonchev–Trinajstić information content (AvgIpc) is 2.44. The number of rotatable bonds is 3. The Bertz CT molecular complexity index is 792. The van der Waals surface area contributed by atoms with Crippen molar-refractivity contribution in [1.82, 2.24) is 4.31 Å². The monoisotopic (exact) mass is 359 g/mol. The van der Waals surface area contributed by atoms with Crippen molar-refractivity contribution in [2.75, 3.05) is 19.3 Å². The van der Waals surface area contributed by atoms with Gasteiger partial charge in [0, 0.05) is 19.3 Å². The fourth-order valence-electron chi connectivity index (χ4n) is 3.20. The van der Waals surface area contributed by atoms with Crippen LogP contribution >= 0.6 is 0 Å². The van der Waals surface area contributed by atoms with Crippen LogP contribution in [0.15, 0.2) is 11.0 Å². The molecule has 0 aliphatic carbocycles. The molecule has 1 aliphatic rings. The number of aryl methyl sites for hydroxylation is 2. The molecule has 1 aromatic rings. The maximum atomic E-state index is 13.1. The lowest BCUT2D eigenvalue weighted by molar-refractivity contribution is 0.346. The predicted octanol–water partition coefficient (Wildman–Crippen LogP) is 2.12. The van der Waals surface area contributed by atoms with Gasteiger partial charge in [-0.05, 0) is 62.8 Å². The number of hydrogen-bond acceptors (Lipinski definition) is 4. The first-order valence-corrected chi connectivity index (χ1v) is 11.1. The summed E-state index contributed by atoms with van der Waals surface area (Å²) < 4.78 is 50.9. The summed E-state index contributed by atoms with van der Waals surface area (Å²) in [5, 5.41) is -0.435. The second kappa shape index (κ2) is 6.18. The Morgan fingerprint density at radius 1 is 0.913 bits per heavy atom. The number of sulfone groups is 1. The van der Waals surface area contributed by atoms with E-state index < -0.39 is 25.1 Å². The van der Waals surface area contributed by atoms with Gasteiger partial charge in [0.2, 0.25) is 10.0 Å². The van der Waals surface area contributed by atoms with Gasteiger partial charge >= 0.3 is 0 Å². The van der Waals surface area contributed by atoms with Gasteiger partial charge in [-0.25, -0.2) is 16.8 Å². The third-order valence-corrected chi connectivity index (χ3v) is 8.76. The Kier molecular flexibility index (Phi) is 4.95. The van der Waals surface area contributed by atoms with E-state index in [9.17, 15) is 16.8 Å². The number of nitrogens with zero attached hydrogens (tertiary/aromatic N) is 1. The lowest BCUT2D eigenvalue weighted by Crippen LogP contribution is -2.42. The summed E-state index contributed by atoms with van der Waals surface area (Å²) in [5.41, 5.74) is 3.46. The highest BCUT2D eigenvalue weighted by molar-refractivity contribution is 7.91. The van der Waals surface area contributed by atoms with Crippen molar-refractivity contribution in [3.8, 4) is 0 Å². The van der Waals surface area contributed by atoms with Crippen LogP contribution < -0.4 is 0 Å². The Morgan fingerprint density at radius 3 is 1.74 bits per heavy atom. The molecule has 23 heavy (non-hydrogen) atoms. The van der Waals surface area contributed by atoms with Crippen molar-refractivity contribution in [3.63, 3.8) is 0 Å². The van der Waals surface area contributed by atoms with E-state index in [0.29, 0.717) is 17.7 Å². The van der Waals surface area contributed by atoms with Crippen molar-refractivity contribution >= 4 is 19.9 Å². The summed E-state index contributed by atoms with van der Waals surface area (Å²) in [5.74, 6) is 0. The van der Waals surface area contributed by atoms with Crippen molar-refractivity contribution in [2.24, 2.45) is 0 Å². The Hall–Kier alpha value is -0.920. The Labute approximate surface area is 139 Å². The molecule has 0 aromatic heterocycles. The molecule has 1 heterocycles. The molecular weight excluding hydrogens is 334 g/mol. The maximum absolute atomic E-state index is 13.1. The normalized spacial score (nSPS) is 18.3. The van der Waals surface area contributed by atoms with Crippen molar-refractivity contribution in [2.45, 2.75) is 50.7 Å². The summed E-state index contributed by atoms with van der Waals surface area (Å²) >= 11 is 0. The predicted molar refractivity (Wildman–Crippen MR) is 92.0 cm³/mol. The van der Waals surface area contributed by atoms with Gasteiger partial charge in [-0.15, -0.1) is 0 Å². The van der Waals surface area contributed by atoms with Gasteiger partial charge in [0.15, 0.2) is 0 Å². The lowest BCUT2D eigenvalue weighted by atomic mass is 10.0. The van der Waals surface area contributed by atoms with Crippen molar-refractivity contribution in [3.05, 3.63) is 28.3 Å². The summed E-state index contributed by atoms with van der Waals surface area (Å²) in [6.07, 6.45) is 1.95. The number of piperidine rings is 1. The van der Waals surface area contributed by atoms with E-state index in [-0.39, 0.29) is 13.1 Å².